The lowest BCUT2D eigenvalue weighted by atomic mass is 9.94. The maximum Gasteiger partial charge on any atom is 0.266 e. The van der Waals surface area contributed by atoms with Crippen LogP contribution in [0.2, 0.25) is 0 Å². The highest BCUT2D eigenvalue weighted by atomic mass is 16.2. The summed E-state index contributed by atoms with van der Waals surface area (Å²) >= 11 is 0. The highest BCUT2D eigenvalue weighted by Gasteiger charge is 2.24. The van der Waals surface area contributed by atoms with Crippen molar-refractivity contribution in [3.05, 3.63) is 42.1 Å². The molecule has 0 heterocycles. The Kier molecular flexibility index (Phi) is 5.39. The van der Waals surface area contributed by atoms with Crippen molar-refractivity contribution in [2.75, 3.05) is 12.4 Å². The zero-order valence-corrected chi connectivity index (χ0v) is 12.4. The first-order valence-corrected chi connectivity index (χ1v) is 7.41. The fourth-order valence-electron chi connectivity index (χ4n) is 2.66. The summed E-state index contributed by atoms with van der Waals surface area (Å²) in [6.45, 7) is 0. The molecule has 0 aromatic heterocycles. The number of para-hydroxylation sites is 1. The first-order valence-electron chi connectivity index (χ1n) is 7.41. The molecule has 0 aliphatic heterocycles. The van der Waals surface area contributed by atoms with Gasteiger partial charge in [0.05, 0.1) is 0 Å². The van der Waals surface area contributed by atoms with E-state index in [9.17, 15) is 10.1 Å². The molecule has 1 fully saturated rings. The van der Waals surface area contributed by atoms with Crippen molar-refractivity contribution in [2.24, 2.45) is 0 Å². The summed E-state index contributed by atoms with van der Waals surface area (Å²) in [6, 6.07) is 11.8. The van der Waals surface area contributed by atoms with Crippen LogP contribution in [0, 0.1) is 11.3 Å². The molecule has 0 atom stereocenters. The summed E-state index contributed by atoms with van der Waals surface area (Å²) in [5.74, 6) is -0.201. The van der Waals surface area contributed by atoms with Crippen molar-refractivity contribution in [1.29, 1.82) is 5.26 Å². The fraction of sp³-hybridized carbons (Fsp3) is 0.412. The van der Waals surface area contributed by atoms with E-state index in [-0.39, 0.29) is 17.5 Å². The molecule has 0 unspecified atom stereocenters. The molecular formula is C17H21N3O. The van der Waals surface area contributed by atoms with Crippen LogP contribution in [0.15, 0.2) is 42.1 Å². The lowest BCUT2D eigenvalue weighted by Gasteiger charge is -2.31. The molecule has 1 aromatic carbocycles. The van der Waals surface area contributed by atoms with Crippen molar-refractivity contribution < 1.29 is 4.79 Å². The second-order valence-electron chi connectivity index (χ2n) is 5.39. The summed E-state index contributed by atoms with van der Waals surface area (Å²) in [7, 11) is 1.80. The molecule has 1 aliphatic carbocycles. The summed E-state index contributed by atoms with van der Waals surface area (Å²) < 4.78 is 0. The number of rotatable bonds is 4. The molecule has 4 nitrogen and oxygen atoms in total. The topological polar surface area (TPSA) is 56.1 Å². The van der Waals surface area contributed by atoms with Crippen molar-refractivity contribution in [2.45, 2.75) is 38.1 Å². The summed E-state index contributed by atoms with van der Waals surface area (Å²) in [4.78, 5) is 14.1. The molecule has 0 saturated heterocycles. The van der Waals surface area contributed by atoms with Crippen LogP contribution in [0.5, 0.6) is 0 Å². The molecular weight excluding hydrogens is 262 g/mol. The highest BCUT2D eigenvalue weighted by molar-refractivity contribution is 5.97. The number of nitrogens with zero attached hydrogens (tertiary/aromatic N) is 2. The van der Waals surface area contributed by atoms with E-state index >= 15 is 0 Å². The normalized spacial score (nSPS) is 16.1. The van der Waals surface area contributed by atoms with Gasteiger partial charge in [-0.25, -0.2) is 0 Å². The van der Waals surface area contributed by atoms with Crippen LogP contribution < -0.4 is 5.32 Å². The Bertz CT molecular complexity index is 539. The van der Waals surface area contributed by atoms with Crippen molar-refractivity contribution in [1.82, 2.24) is 4.90 Å². The van der Waals surface area contributed by atoms with Crippen molar-refractivity contribution in [3.63, 3.8) is 0 Å². The zero-order chi connectivity index (χ0) is 15.1. The van der Waals surface area contributed by atoms with Gasteiger partial charge in [0, 0.05) is 25.0 Å². The van der Waals surface area contributed by atoms with Crippen LogP contribution in [0.1, 0.15) is 32.1 Å². The van der Waals surface area contributed by atoms with Crippen LogP contribution in [0.4, 0.5) is 5.69 Å². The Morgan fingerprint density at radius 2 is 1.95 bits per heavy atom. The van der Waals surface area contributed by atoms with Crippen LogP contribution >= 0.6 is 0 Å². The standard InChI is InChI=1S/C17H21N3O/c1-20(16-10-6-3-7-11-16)17(21)14(12-18)13-19-15-8-4-2-5-9-15/h2,4-5,8-9,13,16,19H,3,6-7,10-11H2,1H3/b14-13-. The van der Waals surface area contributed by atoms with E-state index in [1.165, 1.54) is 12.6 Å². The number of likely N-dealkylation sites (N-methyl/N-ethyl adjacent to an activating group) is 1. The second-order valence-corrected chi connectivity index (χ2v) is 5.39. The molecule has 21 heavy (non-hydrogen) atoms. The number of hydrogen-bond acceptors (Lipinski definition) is 3. The molecule has 0 spiro atoms. The van der Waals surface area contributed by atoms with Crippen molar-refractivity contribution in [3.8, 4) is 6.07 Å². The predicted molar refractivity (Wildman–Crippen MR) is 83.4 cm³/mol. The van der Waals surface area contributed by atoms with Gasteiger partial charge in [-0.1, -0.05) is 37.5 Å². The number of carbonyl (C=O) groups is 1. The van der Waals surface area contributed by atoms with Gasteiger partial charge in [0.25, 0.3) is 5.91 Å². The van der Waals surface area contributed by atoms with E-state index in [0.29, 0.717) is 0 Å². The van der Waals surface area contributed by atoms with Crippen LogP contribution in [-0.2, 0) is 4.79 Å². The third kappa shape index (κ3) is 4.09. The van der Waals surface area contributed by atoms with Crippen molar-refractivity contribution >= 4 is 11.6 Å². The molecule has 0 radical (unpaired) electrons. The molecule has 1 N–H and O–H groups in total. The Morgan fingerprint density at radius 3 is 2.57 bits per heavy atom. The first-order chi connectivity index (χ1) is 10.2. The van der Waals surface area contributed by atoms with Gasteiger partial charge in [0.15, 0.2) is 0 Å². The highest BCUT2D eigenvalue weighted by Crippen LogP contribution is 2.22. The van der Waals surface area contributed by atoms with E-state index < -0.39 is 0 Å². The minimum absolute atomic E-state index is 0.145. The molecule has 110 valence electrons. The Hall–Kier alpha value is -2.28. The summed E-state index contributed by atoms with van der Waals surface area (Å²) in [5.41, 5.74) is 1.00. The molecule has 4 heteroatoms. The van der Waals surface area contributed by atoms with Crippen LogP contribution in [-0.4, -0.2) is 23.9 Å². The SMILES string of the molecule is CN(C(=O)/C(C#N)=C\Nc1ccccc1)C1CCCCC1. The summed E-state index contributed by atoms with van der Waals surface area (Å²) in [6.07, 6.45) is 7.14. The minimum atomic E-state index is -0.201. The molecule has 1 aromatic rings. The lowest BCUT2D eigenvalue weighted by Crippen LogP contribution is -2.39. The van der Waals surface area contributed by atoms with Gasteiger partial charge in [-0.15, -0.1) is 0 Å². The monoisotopic (exact) mass is 283 g/mol. The van der Waals surface area contributed by atoms with Gasteiger partial charge < -0.3 is 10.2 Å². The van der Waals surface area contributed by atoms with Gasteiger partial charge in [0.1, 0.15) is 11.6 Å². The third-order valence-electron chi connectivity index (χ3n) is 3.95. The number of carbonyl (C=O) groups excluding carboxylic acids is 1. The number of amides is 1. The number of anilines is 1. The Balaban J connectivity index is 2.02. The van der Waals surface area contributed by atoms with E-state index in [2.05, 4.69) is 5.32 Å². The van der Waals surface area contributed by atoms with E-state index in [1.807, 2.05) is 36.4 Å². The number of nitriles is 1. The predicted octanol–water partition coefficient (Wildman–Crippen LogP) is 3.30. The largest absolute Gasteiger partial charge is 0.360 e. The van der Waals surface area contributed by atoms with Gasteiger partial charge in [-0.3, -0.25) is 4.79 Å². The van der Waals surface area contributed by atoms with Gasteiger partial charge in [-0.05, 0) is 25.0 Å². The molecule has 1 amide bonds. The first kappa shape index (κ1) is 15.1. The van der Waals surface area contributed by atoms with Crippen LogP contribution in [0.25, 0.3) is 0 Å². The average Bonchev–Trinajstić information content (AvgIpc) is 2.56. The Morgan fingerprint density at radius 1 is 1.29 bits per heavy atom. The second kappa shape index (κ2) is 7.49. The van der Waals surface area contributed by atoms with Gasteiger partial charge in [-0.2, -0.15) is 5.26 Å². The maximum atomic E-state index is 12.4. The third-order valence-corrected chi connectivity index (χ3v) is 3.95. The number of benzene rings is 1. The number of nitrogens with one attached hydrogen (secondary N) is 1. The zero-order valence-electron chi connectivity index (χ0n) is 12.4. The molecule has 2 rings (SSSR count). The van der Waals surface area contributed by atoms with Crippen LogP contribution in [0.3, 0.4) is 0 Å². The number of hydrogen-bond donors (Lipinski definition) is 1. The summed E-state index contributed by atoms with van der Waals surface area (Å²) in [5, 5.41) is 12.2. The average molecular weight is 283 g/mol. The molecule has 0 bridgehead atoms. The fourth-order valence-corrected chi connectivity index (χ4v) is 2.66. The minimum Gasteiger partial charge on any atom is -0.360 e. The van der Waals surface area contributed by atoms with E-state index in [4.69, 9.17) is 0 Å². The lowest BCUT2D eigenvalue weighted by molar-refractivity contribution is -0.128. The molecule has 1 aliphatic rings. The maximum absolute atomic E-state index is 12.4. The molecule has 1 saturated carbocycles. The van der Waals surface area contributed by atoms with E-state index in [0.717, 1.165) is 31.4 Å². The van der Waals surface area contributed by atoms with Gasteiger partial charge >= 0.3 is 0 Å². The quantitative estimate of drug-likeness (QED) is 0.681. The van der Waals surface area contributed by atoms with Gasteiger partial charge in [0.2, 0.25) is 0 Å². The van der Waals surface area contributed by atoms with E-state index in [1.54, 1.807) is 11.9 Å². The smallest absolute Gasteiger partial charge is 0.266 e. The Labute approximate surface area is 126 Å².